The van der Waals surface area contributed by atoms with E-state index in [-0.39, 0.29) is 13.1 Å². The predicted molar refractivity (Wildman–Crippen MR) is 58.3 cm³/mol. The Kier molecular flexibility index (Phi) is 3.24. The van der Waals surface area contributed by atoms with Crippen LogP contribution in [0.25, 0.3) is 0 Å². The molecule has 1 spiro atoms. The third kappa shape index (κ3) is 2.41. The number of carboxylic acid groups (broad SMARTS) is 1. The zero-order valence-corrected chi connectivity index (χ0v) is 10.4. The first-order valence-corrected chi connectivity index (χ1v) is 5.93. The largest absolute Gasteiger partial charge is 0.481 e. The topological polar surface area (TPSA) is 60.9 Å². The highest BCUT2D eigenvalue weighted by Gasteiger charge is 2.57. The SMILES string of the molecule is CN1CCC2(C1)CN(C(=O)C(F)(F)F)CC2C(=O)O. The summed E-state index contributed by atoms with van der Waals surface area (Å²) in [5, 5.41) is 9.19. The molecule has 2 heterocycles. The Labute approximate surface area is 108 Å². The van der Waals surface area contributed by atoms with Gasteiger partial charge in [0.15, 0.2) is 0 Å². The monoisotopic (exact) mass is 280 g/mol. The van der Waals surface area contributed by atoms with E-state index in [0.717, 1.165) is 0 Å². The molecule has 2 rings (SSSR count). The zero-order valence-electron chi connectivity index (χ0n) is 10.4. The highest BCUT2D eigenvalue weighted by molar-refractivity contribution is 5.83. The molecule has 2 fully saturated rings. The number of halogens is 3. The van der Waals surface area contributed by atoms with Crippen LogP contribution in [0.15, 0.2) is 0 Å². The summed E-state index contributed by atoms with van der Waals surface area (Å²) in [4.78, 5) is 25.0. The molecule has 1 N–H and O–H groups in total. The Morgan fingerprint density at radius 1 is 1.32 bits per heavy atom. The lowest BCUT2D eigenvalue weighted by Crippen LogP contribution is -2.41. The molecule has 2 unspecified atom stereocenters. The van der Waals surface area contributed by atoms with Crippen LogP contribution in [0.2, 0.25) is 0 Å². The summed E-state index contributed by atoms with van der Waals surface area (Å²) in [5.41, 5.74) is -0.749. The molecule has 0 aromatic rings. The molecule has 19 heavy (non-hydrogen) atoms. The molecule has 2 aliphatic heterocycles. The van der Waals surface area contributed by atoms with E-state index in [0.29, 0.717) is 24.4 Å². The fourth-order valence-corrected chi connectivity index (χ4v) is 3.17. The first-order valence-electron chi connectivity index (χ1n) is 5.93. The smallest absolute Gasteiger partial charge is 0.471 e. The van der Waals surface area contributed by atoms with Gasteiger partial charge in [-0.2, -0.15) is 13.2 Å². The summed E-state index contributed by atoms with van der Waals surface area (Å²) < 4.78 is 37.3. The Morgan fingerprint density at radius 3 is 2.37 bits per heavy atom. The first kappa shape index (κ1) is 14.1. The summed E-state index contributed by atoms with van der Waals surface area (Å²) >= 11 is 0. The second-order valence-electron chi connectivity index (χ2n) is 5.42. The van der Waals surface area contributed by atoms with Crippen molar-refractivity contribution in [2.24, 2.45) is 11.3 Å². The van der Waals surface area contributed by atoms with E-state index < -0.39 is 29.4 Å². The molecule has 8 heteroatoms. The number of rotatable bonds is 1. The Hall–Kier alpha value is -1.31. The molecule has 0 bridgehead atoms. The van der Waals surface area contributed by atoms with Gasteiger partial charge in [-0.25, -0.2) is 0 Å². The van der Waals surface area contributed by atoms with Crippen LogP contribution in [0.3, 0.4) is 0 Å². The Morgan fingerprint density at radius 2 is 1.95 bits per heavy atom. The van der Waals surface area contributed by atoms with Crippen molar-refractivity contribution in [3.8, 4) is 0 Å². The van der Waals surface area contributed by atoms with E-state index in [2.05, 4.69) is 0 Å². The van der Waals surface area contributed by atoms with Crippen molar-refractivity contribution in [2.75, 3.05) is 33.2 Å². The van der Waals surface area contributed by atoms with Gasteiger partial charge in [0, 0.05) is 25.0 Å². The number of carboxylic acids is 1. The van der Waals surface area contributed by atoms with E-state index in [1.807, 2.05) is 4.90 Å². The second-order valence-corrected chi connectivity index (χ2v) is 5.42. The van der Waals surface area contributed by atoms with Crippen LogP contribution in [0.5, 0.6) is 0 Å². The quantitative estimate of drug-likeness (QED) is 0.756. The lowest BCUT2D eigenvalue weighted by atomic mass is 9.77. The number of carbonyl (C=O) groups excluding carboxylic acids is 1. The van der Waals surface area contributed by atoms with Crippen LogP contribution in [-0.4, -0.2) is 66.2 Å². The highest BCUT2D eigenvalue weighted by atomic mass is 19.4. The van der Waals surface area contributed by atoms with Gasteiger partial charge in [0.2, 0.25) is 0 Å². The van der Waals surface area contributed by atoms with Crippen LogP contribution >= 0.6 is 0 Å². The normalized spacial score (nSPS) is 32.2. The van der Waals surface area contributed by atoms with Gasteiger partial charge < -0.3 is 14.9 Å². The van der Waals surface area contributed by atoms with Crippen molar-refractivity contribution in [3.63, 3.8) is 0 Å². The van der Waals surface area contributed by atoms with Crippen LogP contribution < -0.4 is 0 Å². The summed E-state index contributed by atoms with van der Waals surface area (Å²) in [6, 6.07) is 0. The van der Waals surface area contributed by atoms with E-state index in [9.17, 15) is 27.9 Å². The number of hydrogen-bond donors (Lipinski definition) is 1. The molecule has 2 saturated heterocycles. The lowest BCUT2D eigenvalue weighted by molar-refractivity contribution is -0.184. The fraction of sp³-hybridized carbons (Fsp3) is 0.818. The summed E-state index contributed by atoms with van der Waals surface area (Å²) in [6.45, 7) is 0.553. The number of carbonyl (C=O) groups is 2. The maximum absolute atomic E-state index is 12.4. The van der Waals surface area contributed by atoms with E-state index in [4.69, 9.17) is 0 Å². The van der Waals surface area contributed by atoms with Crippen molar-refractivity contribution in [3.05, 3.63) is 0 Å². The minimum Gasteiger partial charge on any atom is -0.481 e. The van der Waals surface area contributed by atoms with Gasteiger partial charge in [-0.15, -0.1) is 0 Å². The fourth-order valence-electron chi connectivity index (χ4n) is 3.17. The van der Waals surface area contributed by atoms with Gasteiger partial charge in [-0.05, 0) is 20.0 Å². The molecule has 0 aromatic heterocycles. The van der Waals surface area contributed by atoms with Crippen molar-refractivity contribution >= 4 is 11.9 Å². The maximum Gasteiger partial charge on any atom is 0.471 e. The molecule has 2 atom stereocenters. The van der Waals surface area contributed by atoms with Crippen molar-refractivity contribution in [1.82, 2.24) is 9.80 Å². The van der Waals surface area contributed by atoms with Gasteiger partial charge in [0.05, 0.1) is 5.92 Å². The van der Waals surface area contributed by atoms with Crippen LogP contribution in [0, 0.1) is 11.3 Å². The summed E-state index contributed by atoms with van der Waals surface area (Å²) in [7, 11) is 1.79. The van der Waals surface area contributed by atoms with Crippen LogP contribution in [0.4, 0.5) is 13.2 Å². The molecule has 1 amide bonds. The summed E-state index contributed by atoms with van der Waals surface area (Å²) in [5.74, 6) is -4.00. The standard InChI is InChI=1S/C11H15F3N2O3/c1-15-3-2-10(5-15)6-16(4-7(10)8(17)18)9(19)11(12,13)14/h7H,2-6H2,1H3,(H,17,18). The number of hydrogen-bond acceptors (Lipinski definition) is 3. The Balaban J connectivity index is 2.22. The summed E-state index contributed by atoms with van der Waals surface area (Å²) in [6.07, 6.45) is -4.44. The van der Waals surface area contributed by atoms with Gasteiger partial charge in [-0.3, -0.25) is 9.59 Å². The number of alkyl halides is 3. The van der Waals surface area contributed by atoms with E-state index in [1.54, 1.807) is 7.05 Å². The van der Waals surface area contributed by atoms with Crippen LogP contribution in [0.1, 0.15) is 6.42 Å². The average Bonchev–Trinajstić information content (AvgIpc) is 2.81. The second kappa shape index (κ2) is 4.36. The van der Waals surface area contributed by atoms with Gasteiger partial charge in [-0.1, -0.05) is 0 Å². The van der Waals surface area contributed by atoms with E-state index >= 15 is 0 Å². The molecule has 0 aliphatic carbocycles. The molecular weight excluding hydrogens is 265 g/mol. The van der Waals surface area contributed by atoms with Gasteiger partial charge in [0.25, 0.3) is 0 Å². The lowest BCUT2D eigenvalue weighted by Gasteiger charge is -2.27. The molecule has 108 valence electrons. The number of likely N-dealkylation sites (tertiary alicyclic amines) is 2. The molecular formula is C11H15F3N2O3. The minimum absolute atomic E-state index is 0.132. The van der Waals surface area contributed by atoms with Gasteiger partial charge in [0.1, 0.15) is 0 Å². The van der Waals surface area contributed by atoms with Crippen molar-refractivity contribution in [2.45, 2.75) is 12.6 Å². The zero-order chi connectivity index (χ0) is 14.4. The van der Waals surface area contributed by atoms with Crippen LogP contribution in [-0.2, 0) is 9.59 Å². The molecule has 0 saturated carbocycles. The van der Waals surface area contributed by atoms with Crippen molar-refractivity contribution in [1.29, 1.82) is 0 Å². The molecule has 0 radical (unpaired) electrons. The number of aliphatic carboxylic acids is 1. The third-order valence-electron chi connectivity index (χ3n) is 4.05. The maximum atomic E-state index is 12.4. The third-order valence-corrected chi connectivity index (χ3v) is 4.05. The molecule has 2 aliphatic rings. The van der Waals surface area contributed by atoms with Gasteiger partial charge >= 0.3 is 18.1 Å². The first-order chi connectivity index (χ1) is 8.66. The highest BCUT2D eigenvalue weighted by Crippen LogP contribution is 2.44. The van der Waals surface area contributed by atoms with Crippen molar-refractivity contribution < 1.29 is 27.9 Å². The Bertz CT molecular complexity index is 412. The average molecular weight is 280 g/mol. The number of nitrogens with zero attached hydrogens (tertiary/aromatic N) is 2. The van der Waals surface area contributed by atoms with E-state index in [1.165, 1.54) is 0 Å². The molecule has 5 nitrogen and oxygen atoms in total. The molecule has 0 aromatic carbocycles. The predicted octanol–water partition coefficient (Wildman–Crippen LogP) is 0.414. The minimum atomic E-state index is -4.95. The number of amides is 1.